The fourth-order valence-corrected chi connectivity index (χ4v) is 3.30. The van der Waals surface area contributed by atoms with Crippen LogP contribution in [0.1, 0.15) is 19.8 Å². The molecular weight excluding hydrogens is 308 g/mol. The van der Waals surface area contributed by atoms with Crippen LogP contribution in [-0.2, 0) is 0 Å². The lowest BCUT2D eigenvalue weighted by atomic mass is 10.00. The van der Waals surface area contributed by atoms with Gasteiger partial charge in [-0.05, 0) is 50.1 Å². The van der Waals surface area contributed by atoms with Crippen molar-refractivity contribution in [3.63, 3.8) is 0 Å². The zero-order valence-corrected chi connectivity index (χ0v) is 13.8. The first-order chi connectivity index (χ1) is 11.2. The van der Waals surface area contributed by atoms with E-state index in [4.69, 9.17) is 21.6 Å². The molecule has 0 aromatic heterocycles. The number of anilines is 1. The lowest BCUT2D eigenvalue weighted by Gasteiger charge is -2.30. The Morgan fingerprint density at radius 2 is 2.26 bits per heavy atom. The van der Waals surface area contributed by atoms with Crippen LogP contribution >= 0.6 is 11.6 Å². The Morgan fingerprint density at radius 3 is 3.09 bits per heavy atom. The molecule has 0 spiro atoms. The van der Waals surface area contributed by atoms with Gasteiger partial charge in [-0.2, -0.15) is 0 Å². The highest BCUT2D eigenvalue weighted by molar-refractivity contribution is 6.53. The highest BCUT2D eigenvalue weighted by Gasteiger charge is 2.29. The van der Waals surface area contributed by atoms with E-state index in [1.165, 1.54) is 5.57 Å². The molecule has 4 rings (SSSR count). The molecule has 0 saturated carbocycles. The van der Waals surface area contributed by atoms with Crippen LogP contribution in [0.2, 0.25) is 5.02 Å². The van der Waals surface area contributed by atoms with Gasteiger partial charge in [-0.3, -0.25) is 9.89 Å². The van der Waals surface area contributed by atoms with Crippen LogP contribution in [0.5, 0.6) is 0 Å². The number of fused-ring (bicyclic) bond motifs is 3. The van der Waals surface area contributed by atoms with Gasteiger partial charge >= 0.3 is 0 Å². The van der Waals surface area contributed by atoms with Gasteiger partial charge in [0.1, 0.15) is 5.71 Å². The Labute approximate surface area is 141 Å². The molecule has 1 atom stereocenters. The largest absolute Gasteiger partial charge is 0.313 e. The summed E-state index contributed by atoms with van der Waals surface area (Å²) in [7, 11) is 0. The van der Waals surface area contributed by atoms with Crippen molar-refractivity contribution in [1.29, 1.82) is 0 Å². The van der Waals surface area contributed by atoms with Crippen molar-refractivity contribution >= 4 is 34.5 Å². The average molecular weight is 327 g/mol. The third-order valence-electron chi connectivity index (χ3n) is 4.31. The number of nitrogens with one attached hydrogen (secondary N) is 1. The Hall–Kier alpha value is -1.91. The van der Waals surface area contributed by atoms with Gasteiger partial charge in [0.05, 0.1) is 17.4 Å². The maximum atomic E-state index is 6.20. The minimum Gasteiger partial charge on any atom is -0.313 e. The minimum absolute atomic E-state index is 0.250. The van der Waals surface area contributed by atoms with E-state index in [0.29, 0.717) is 5.02 Å². The van der Waals surface area contributed by atoms with Crippen molar-refractivity contribution in [2.75, 3.05) is 18.0 Å². The second-order valence-corrected chi connectivity index (χ2v) is 6.51. The number of nitrogens with zero attached hydrogens (tertiary/aromatic N) is 3. The van der Waals surface area contributed by atoms with Crippen LogP contribution in [0, 0.1) is 0 Å². The summed E-state index contributed by atoms with van der Waals surface area (Å²) in [6, 6.07) is 6.09. The molecule has 1 aromatic rings. The molecule has 0 radical (unpaired) electrons. The first-order valence-corrected chi connectivity index (χ1v) is 8.42. The summed E-state index contributed by atoms with van der Waals surface area (Å²) < 4.78 is 0. The standard InChI is InChI=1S/C18H19ClN4/c1-12-3-2-10-23-16-11-14(19)4-5-15(16)22-17(18(23)21-12)13-6-8-20-9-7-13/h2,4-6,10-12,20H,3,7-9H2,1H3. The number of rotatable bonds is 1. The fourth-order valence-electron chi connectivity index (χ4n) is 3.13. The molecule has 0 aliphatic carbocycles. The van der Waals surface area contributed by atoms with Crippen molar-refractivity contribution < 1.29 is 0 Å². The molecule has 3 aliphatic rings. The molecule has 1 aromatic carbocycles. The van der Waals surface area contributed by atoms with Crippen LogP contribution in [0.4, 0.5) is 11.4 Å². The number of hydrogen-bond acceptors (Lipinski definition) is 4. The van der Waals surface area contributed by atoms with E-state index in [-0.39, 0.29) is 6.04 Å². The van der Waals surface area contributed by atoms with E-state index >= 15 is 0 Å². The van der Waals surface area contributed by atoms with Gasteiger partial charge in [-0.25, -0.2) is 4.99 Å². The molecule has 3 aliphatic heterocycles. The fraction of sp³-hybridized carbons (Fsp3) is 0.333. The summed E-state index contributed by atoms with van der Waals surface area (Å²) in [6.45, 7) is 4.01. The first-order valence-electron chi connectivity index (χ1n) is 8.05. The van der Waals surface area contributed by atoms with E-state index < -0.39 is 0 Å². The van der Waals surface area contributed by atoms with E-state index in [1.807, 2.05) is 18.2 Å². The maximum absolute atomic E-state index is 6.20. The molecule has 5 heteroatoms. The van der Waals surface area contributed by atoms with E-state index in [0.717, 1.165) is 48.9 Å². The predicted molar refractivity (Wildman–Crippen MR) is 97.2 cm³/mol. The summed E-state index contributed by atoms with van der Waals surface area (Å²) in [5, 5.41) is 4.07. The minimum atomic E-state index is 0.250. The Morgan fingerprint density at radius 1 is 1.35 bits per heavy atom. The number of benzene rings is 1. The normalized spacial score (nSPS) is 23.3. The maximum Gasteiger partial charge on any atom is 0.159 e. The molecule has 118 valence electrons. The lowest BCUT2D eigenvalue weighted by Crippen LogP contribution is -2.38. The lowest BCUT2D eigenvalue weighted by molar-refractivity contribution is 0.717. The van der Waals surface area contributed by atoms with Gasteiger partial charge in [0.2, 0.25) is 0 Å². The molecule has 1 unspecified atom stereocenters. The Balaban J connectivity index is 1.91. The average Bonchev–Trinajstić information content (AvgIpc) is 2.76. The zero-order valence-electron chi connectivity index (χ0n) is 13.1. The van der Waals surface area contributed by atoms with Crippen LogP contribution in [0.25, 0.3) is 0 Å². The zero-order chi connectivity index (χ0) is 15.8. The molecule has 0 fully saturated rings. The molecule has 4 nitrogen and oxygen atoms in total. The second kappa shape index (κ2) is 5.95. The predicted octanol–water partition coefficient (Wildman–Crippen LogP) is 3.86. The summed E-state index contributed by atoms with van der Waals surface area (Å²) in [5.41, 5.74) is 4.22. The molecule has 0 bridgehead atoms. The van der Waals surface area contributed by atoms with Gasteiger partial charge in [0.15, 0.2) is 5.84 Å². The smallest absolute Gasteiger partial charge is 0.159 e. The van der Waals surface area contributed by atoms with Gasteiger partial charge < -0.3 is 5.32 Å². The summed E-state index contributed by atoms with van der Waals surface area (Å²) in [6.07, 6.45) is 8.42. The number of amidine groups is 1. The van der Waals surface area contributed by atoms with Gasteiger partial charge in [0.25, 0.3) is 0 Å². The molecule has 1 N–H and O–H groups in total. The highest BCUT2D eigenvalue weighted by atomic mass is 35.5. The molecular formula is C18H19ClN4. The van der Waals surface area contributed by atoms with Crippen LogP contribution < -0.4 is 10.2 Å². The highest BCUT2D eigenvalue weighted by Crippen LogP contribution is 2.38. The van der Waals surface area contributed by atoms with E-state index in [2.05, 4.69) is 35.5 Å². The first kappa shape index (κ1) is 14.7. The van der Waals surface area contributed by atoms with Gasteiger partial charge in [0, 0.05) is 17.8 Å². The molecule has 0 amide bonds. The molecule has 23 heavy (non-hydrogen) atoms. The summed E-state index contributed by atoms with van der Waals surface area (Å²) in [5.74, 6) is 0.939. The third kappa shape index (κ3) is 2.73. The van der Waals surface area contributed by atoms with Gasteiger partial charge in [-0.15, -0.1) is 0 Å². The summed E-state index contributed by atoms with van der Waals surface area (Å²) >= 11 is 6.20. The van der Waals surface area contributed by atoms with Crippen LogP contribution in [0.3, 0.4) is 0 Å². The van der Waals surface area contributed by atoms with Crippen LogP contribution in [-0.4, -0.2) is 30.7 Å². The van der Waals surface area contributed by atoms with E-state index in [9.17, 15) is 0 Å². The topological polar surface area (TPSA) is 40.0 Å². The third-order valence-corrected chi connectivity index (χ3v) is 4.55. The number of halogens is 1. The quantitative estimate of drug-likeness (QED) is 0.851. The number of aliphatic imine (C=N–C) groups is 2. The van der Waals surface area contributed by atoms with Crippen molar-refractivity contribution in [3.8, 4) is 0 Å². The monoisotopic (exact) mass is 326 g/mol. The molecule has 0 saturated heterocycles. The Bertz CT molecular complexity index is 760. The number of hydrogen-bond donors (Lipinski definition) is 1. The Kier molecular flexibility index (Phi) is 3.79. The van der Waals surface area contributed by atoms with Gasteiger partial charge in [-0.1, -0.05) is 23.8 Å². The molecule has 3 heterocycles. The van der Waals surface area contributed by atoms with Crippen molar-refractivity contribution in [2.45, 2.75) is 25.8 Å². The SMILES string of the molecule is CC1CC=CN2C(=N1)C(C1=CCNCC1)=Nc1ccc(Cl)cc12. The summed E-state index contributed by atoms with van der Waals surface area (Å²) in [4.78, 5) is 12.0. The van der Waals surface area contributed by atoms with Crippen molar-refractivity contribution in [1.82, 2.24) is 5.32 Å². The second-order valence-electron chi connectivity index (χ2n) is 6.07. The van der Waals surface area contributed by atoms with Crippen molar-refractivity contribution in [3.05, 3.63) is 47.1 Å². The van der Waals surface area contributed by atoms with E-state index in [1.54, 1.807) is 0 Å². The van der Waals surface area contributed by atoms with Crippen molar-refractivity contribution in [2.24, 2.45) is 9.98 Å². The van der Waals surface area contributed by atoms with Crippen LogP contribution in [0.15, 0.2) is 52.1 Å².